The maximum atomic E-state index is 12.0. The topological polar surface area (TPSA) is 46.9 Å². The number of carbonyl (C=O) groups is 1. The summed E-state index contributed by atoms with van der Waals surface area (Å²) in [6.45, 7) is 3.82. The van der Waals surface area contributed by atoms with E-state index >= 15 is 0 Å². The molecule has 2 aromatic heterocycles. The van der Waals surface area contributed by atoms with Gasteiger partial charge in [-0.15, -0.1) is 11.3 Å². The Bertz CT molecular complexity index is 464. The van der Waals surface area contributed by atoms with Gasteiger partial charge in [-0.25, -0.2) is 0 Å². The Morgan fingerprint density at radius 3 is 2.88 bits per heavy atom. The molecule has 2 heterocycles. The highest BCUT2D eigenvalue weighted by Crippen LogP contribution is 2.18. The minimum Gasteiger partial charge on any atom is -0.347 e. The first kappa shape index (κ1) is 11.9. The van der Waals surface area contributed by atoms with Gasteiger partial charge in [0.1, 0.15) is 6.04 Å². The van der Waals surface area contributed by atoms with Crippen molar-refractivity contribution in [3.05, 3.63) is 40.8 Å². The van der Waals surface area contributed by atoms with Gasteiger partial charge in [0.15, 0.2) is 0 Å². The summed E-state index contributed by atoms with van der Waals surface area (Å²) in [5, 5.41) is 9.06. The van der Waals surface area contributed by atoms with E-state index in [-0.39, 0.29) is 18.0 Å². The van der Waals surface area contributed by atoms with E-state index in [0.29, 0.717) is 0 Å². The molecule has 0 bridgehead atoms. The summed E-state index contributed by atoms with van der Waals surface area (Å²) in [5.74, 6) is -0.0189. The third-order valence-corrected chi connectivity index (χ3v) is 3.68. The molecule has 0 radical (unpaired) electrons. The predicted molar refractivity (Wildman–Crippen MR) is 67.8 cm³/mol. The molecule has 0 saturated heterocycles. The van der Waals surface area contributed by atoms with Crippen molar-refractivity contribution in [3.8, 4) is 0 Å². The average molecular weight is 249 g/mol. The normalized spacial score (nSPS) is 14.2. The molecule has 0 aliphatic carbocycles. The van der Waals surface area contributed by atoms with E-state index < -0.39 is 0 Å². The van der Waals surface area contributed by atoms with E-state index in [0.717, 1.165) is 4.88 Å². The minimum atomic E-state index is -0.285. The Balaban J connectivity index is 1.98. The van der Waals surface area contributed by atoms with Crippen LogP contribution in [0.1, 0.15) is 30.8 Å². The van der Waals surface area contributed by atoms with Crippen LogP contribution in [-0.2, 0) is 4.79 Å². The lowest BCUT2D eigenvalue weighted by Crippen LogP contribution is -2.32. The molecule has 0 fully saturated rings. The van der Waals surface area contributed by atoms with Crippen LogP contribution in [0.3, 0.4) is 0 Å². The van der Waals surface area contributed by atoms with Gasteiger partial charge in [0.05, 0.1) is 6.04 Å². The molecule has 0 aliphatic heterocycles. The summed E-state index contributed by atoms with van der Waals surface area (Å²) in [6.07, 6.45) is 3.46. The van der Waals surface area contributed by atoms with E-state index in [1.54, 1.807) is 28.4 Å². The molecule has 0 aliphatic rings. The van der Waals surface area contributed by atoms with Crippen LogP contribution >= 0.6 is 11.3 Å². The van der Waals surface area contributed by atoms with Gasteiger partial charge in [-0.2, -0.15) is 5.10 Å². The maximum Gasteiger partial charge on any atom is 0.245 e. The van der Waals surface area contributed by atoms with Gasteiger partial charge in [0.2, 0.25) is 5.91 Å². The Labute approximate surface area is 104 Å². The average Bonchev–Trinajstić information content (AvgIpc) is 3.00. The van der Waals surface area contributed by atoms with Crippen LogP contribution < -0.4 is 5.32 Å². The monoisotopic (exact) mass is 249 g/mol. The molecule has 1 amide bonds. The predicted octanol–water partition coefficient (Wildman–Crippen LogP) is 2.38. The molecule has 0 saturated carbocycles. The lowest BCUT2D eigenvalue weighted by atomic mass is 10.2. The highest BCUT2D eigenvalue weighted by atomic mass is 32.1. The van der Waals surface area contributed by atoms with Crippen LogP contribution in [0.5, 0.6) is 0 Å². The second kappa shape index (κ2) is 5.14. The Morgan fingerprint density at radius 2 is 2.29 bits per heavy atom. The van der Waals surface area contributed by atoms with Gasteiger partial charge >= 0.3 is 0 Å². The summed E-state index contributed by atoms with van der Waals surface area (Å²) >= 11 is 1.65. The minimum absolute atomic E-state index is 0.0189. The van der Waals surface area contributed by atoms with Crippen LogP contribution in [0.4, 0.5) is 0 Å². The van der Waals surface area contributed by atoms with Crippen molar-refractivity contribution in [1.29, 1.82) is 0 Å². The van der Waals surface area contributed by atoms with Crippen LogP contribution in [-0.4, -0.2) is 15.7 Å². The highest BCUT2D eigenvalue weighted by molar-refractivity contribution is 7.10. The first-order valence-electron chi connectivity index (χ1n) is 5.51. The fourth-order valence-electron chi connectivity index (χ4n) is 1.57. The molecule has 5 heteroatoms. The molecule has 90 valence electrons. The summed E-state index contributed by atoms with van der Waals surface area (Å²) < 4.78 is 1.65. The molecule has 2 atom stereocenters. The first-order chi connectivity index (χ1) is 8.18. The van der Waals surface area contributed by atoms with Crippen LogP contribution in [0.15, 0.2) is 36.0 Å². The molecule has 4 nitrogen and oxygen atoms in total. The van der Waals surface area contributed by atoms with Gasteiger partial charge in [-0.1, -0.05) is 6.07 Å². The van der Waals surface area contributed by atoms with Crippen LogP contribution in [0.25, 0.3) is 0 Å². The zero-order valence-corrected chi connectivity index (χ0v) is 10.6. The number of nitrogens with one attached hydrogen (secondary N) is 1. The molecule has 0 spiro atoms. The molecule has 1 N–H and O–H groups in total. The lowest BCUT2D eigenvalue weighted by molar-refractivity contribution is -0.124. The third-order valence-electron chi connectivity index (χ3n) is 2.63. The molecular weight excluding hydrogens is 234 g/mol. The smallest absolute Gasteiger partial charge is 0.245 e. The number of amides is 1. The van der Waals surface area contributed by atoms with E-state index in [9.17, 15) is 4.79 Å². The summed E-state index contributed by atoms with van der Waals surface area (Å²) in [6, 6.07) is 5.58. The van der Waals surface area contributed by atoms with E-state index in [1.165, 1.54) is 0 Å². The fourth-order valence-corrected chi connectivity index (χ4v) is 2.31. The number of carbonyl (C=O) groups excluding carboxylic acids is 1. The zero-order valence-electron chi connectivity index (χ0n) is 9.83. The number of thiophene rings is 1. The first-order valence-corrected chi connectivity index (χ1v) is 6.39. The quantitative estimate of drug-likeness (QED) is 0.904. The number of rotatable bonds is 4. The van der Waals surface area contributed by atoms with Crippen LogP contribution in [0.2, 0.25) is 0 Å². The van der Waals surface area contributed by atoms with E-state index in [1.807, 2.05) is 37.4 Å². The van der Waals surface area contributed by atoms with Crippen molar-refractivity contribution < 1.29 is 4.79 Å². The number of hydrogen-bond acceptors (Lipinski definition) is 3. The van der Waals surface area contributed by atoms with Crippen molar-refractivity contribution >= 4 is 17.2 Å². The second-order valence-corrected chi connectivity index (χ2v) is 4.89. The molecule has 2 rings (SSSR count). The molecular formula is C12H15N3OS. The largest absolute Gasteiger partial charge is 0.347 e. The second-order valence-electron chi connectivity index (χ2n) is 3.91. The van der Waals surface area contributed by atoms with Crippen molar-refractivity contribution in [2.24, 2.45) is 0 Å². The summed E-state index contributed by atoms with van der Waals surface area (Å²) in [5.41, 5.74) is 0. The molecule has 0 aromatic carbocycles. The number of nitrogens with zero attached hydrogens (tertiary/aromatic N) is 2. The number of hydrogen-bond donors (Lipinski definition) is 1. The molecule has 2 unspecified atom stereocenters. The van der Waals surface area contributed by atoms with Crippen LogP contribution in [0, 0.1) is 0 Å². The Hall–Kier alpha value is -1.62. The van der Waals surface area contributed by atoms with Crippen molar-refractivity contribution in [3.63, 3.8) is 0 Å². The molecule has 17 heavy (non-hydrogen) atoms. The van der Waals surface area contributed by atoms with Crippen molar-refractivity contribution in [1.82, 2.24) is 15.1 Å². The van der Waals surface area contributed by atoms with Gasteiger partial charge in [0.25, 0.3) is 0 Å². The van der Waals surface area contributed by atoms with E-state index in [2.05, 4.69) is 10.4 Å². The highest BCUT2D eigenvalue weighted by Gasteiger charge is 2.17. The summed E-state index contributed by atoms with van der Waals surface area (Å²) in [7, 11) is 0. The zero-order chi connectivity index (χ0) is 12.3. The molecule has 2 aromatic rings. The SMILES string of the molecule is CC(NC(=O)C(C)n1cccn1)c1cccs1. The fraction of sp³-hybridized carbons (Fsp3) is 0.333. The van der Waals surface area contributed by atoms with E-state index in [4.69, 9.17) is 0 Å². The third kappa shape index (κ3) is 2.74. The van der Waals surface area contributed by atoms with Gasteiger partial charge in [-0.05, 0) is 31.4 Å². The van der Waals surface area contributed by atoms with Crippen molar-refractivity contribution in [2.75, 3.05) is 0 Å². The Kier molecular flexibility index (Phi) is 3.58. The van der Waals surface area contributed by atoms with Gasteiger partial charge in [-0.3, -0.25) is 9.48 Å². The Morgan fingerprint density at radius 1 is 1.47 bits per heavy atom. The standard InChI is InChI=1S/C12H15N3OS/c1-9(11-5-3-8-17-11)14-12(16)10(2)15-7-4-6-13-15/h3-10H,1-2H3,(H,14,16). The summed E-state index contributed by atoms with van der Waals surface area (Å²) in [4.78, 5) is 13.1. The van der Waals surface area contributed by atoms with Crippen molar-refractivity contribution in [2.45, 2.75) is 25.9 Å². The van der Waals surface area contributed by atoms with Gasteiger partial charge in [0, 0.05) is 17.3 Å². The van der Waals surface area contributed by atoms with Gasteiger partial charge < -0.3 is 5.32 Å². The number of aromatic nitrogens is 2. The maximum absolute atomic E-state index is 12.0. The lowest BCUT2D eigenvalue weighted by Gasteiger charge is -2.16.